The predicted octanol–water partition coefficient (Wildman–Crippen LogP) is -0.440. The molecule has 2 aliphatic heterocycles. The highest BCUT2D eigenvalue weighted by Gasteiger charge is 2.44. The maximum absolute atomic E-state index is 11.4. The van der Waals surface area contributed by atoms with Crippen LogP contribution in [-0.4, -0.2) is 49.1 Å². The number of nitrogens with one attached hydrogen (secondary N) is 2. The van der Waals surface area contributed by atoms with E-state index in [0.29, 0.717) is 6.54 Å². The summed E-state index contributed by atoms with van der Waals surface area (Å²) in [6.07, 6.45) is 3.91. The highest BCUT2D eigenvalue weighted by molar-refractivity contribution is 5.79. The standard InChI is InChI=1S/C11H19N3O/c15-10-6-14(5-9-1-2-9)11(8-13-10)3-4-12-7-11/h9,12H,1-8H2,(H,13,15)/t11-/m0/s1. The first kappa shape index (κ1) is 9.60. The van der Waals surface area contributed by atoms with E-state index in [0.717, 1.165) is 32.1 Å². The normalized spacial score (nSPS) is 37.2. The minimum Gasteiger partial charge on any atom is -0.353 e. The molecule has 0 aromatic rings. The minimum atomic E-state index is 0.202. The predicted molar refractivity (Wildman–Crippen MR) is 57.5 cm³/mol. The van der Waals surface area contributed by atoms with Gasteiger partial charge in [0.1, 0.15) is 0 Å². The number of nitrogens with zero attached hydrogens (tertiary/aromatic N) is 1. The highest BCUT2D eigenvalue weighted by Crippen LogP contribution is 2.34. The van der Waals surface area contributed by atoms with Gasteiger partial charge >= 0.3 is 0 Å². The average Bonchev–Trinajstić information content (AvgIpc) is 2.92. The van der Waals surface area contributed by atoms with Crippen LogP contribution in [0.4, 0.5) is 0 Å². The lowest BCUT2D eigenvalue weighted by Gasteiger charge is -2.44. The number of carbonyl (C=O) groups excluding carboxylic acids is 1. The molecule has 1 amide bonds. The molecule has 15 heavy (non-hydrogen) atoms. The van der Waals surface area contributed by atoms with Crippen LogP contribution in [0.1, 0.15) is 19.3 Å². The van der Waals surface area contributed by atoms with Gasteiger partial charge in [0.2, 0.25) is 5.91 Å². The van der Waals surface area contributed by atoms with Crippen LogP contribution >= 0.6 is 0 Å². The third kappa shape index (κ3) is 1.76. The van der Waals surface area contributed by atoms with Crippen molar-refractivity contribution in [2.24, 2.45) is 5.92 Å². The summed E-state index contributed by atoms with van der Waals surface area (Å²) in [5.41, 5.74) is 0.233. The van der Waals surface area contributed by atoms with Crippen LogP contribution in [0, 0.1) is 5.92 Å². The third-order valence-corrected chi connectivity index (χ3v) is 4.02. The van der Waals surface area contributed by atoms with Crippen molar-refractivity contribution in [3.8, 4) is 0 Å². The number of hydrogen-bond donors (Lipinski definition) is 2. The van der Waals surface area contributed by atoms with E-state index in [2.05, 4.69) is 15.5 Å². The molecular weight excluding hydrogens is 190 g/mol. The largest absolute Gasteiger partial charge is 0.353 e. The molecule has 1 atom stereocenters. The topological polar surface area (TPSA) is 44.4 Å². The SMILES string of the molecule is O=C1CN(CC2CC2)[C@]2(CCNC2)CN1. The van der Waals surface area contributed by atoms with Crippen molar-refractivity contribution < 1.29 is 4.79 Å². The molecule has 0 aromatic heterocycles. The molecule has 1 aliphatic carbocycles. The van der Waals surface area contributed by atoms with Crippen molar-refractivity contribution >= 4 is 5.91 Å². The highest BCUT2D eigenvalue weighted by atomic mass is 16.2. The van der Waals surface area contributed by atoms with Gasteiger partial charge in [-0.05, 0) is 31.7 Å². The van der Waals surface area contributed by atoms with E-state index in [4.69, 9.17) is 0 Å². The Labute approximate surface area is 90.4 Å². The summed E-state index contributed by atoms with van der Waals surface area (Å²) in [4.78, 5) is 13.9. The van der Waals surface area contributed by atoms with Gasteiger partial charge in [0, 0.05) is 19.6 Å². The molecule has 84 valence electrons. The molecular formula is C11H19N3O. The van der Waals surface area contributed by atoms with Crippen molar-refractivity contribution in [3.05, 3.63) is 0 Å². The summed E-state index contributed by atoms with van der Waals surface area (Å²) in [6.45, 7) is 4.72. The Morgan fingerprint density at radius 1 is 1.40 bits per heavy atom. The summed E-state index contributed by atoms with van der Waals surface area (Å²) < 4.78 is 0. The average molecular weight is 209 g/mol. The second-order valence-corrected chi connectivity index (χ2v) is 5.25. The van der Waals surface area contributed by atoms with E-state index >= 15 is 0 Å². The van der Waals surface area contributed by atoms with Gasteiger partial charge < -0.3 is 10.6 Å². The Kier molecular flexibility index (Phi) is 2.21. The molecule has 1 spiro atoms. The Morgan fingerprint density at radius 3 is 2.93 bits per heavy atom. The van der Waals surface area contributed by atoms with Crippen LogP contribution in [0.25, 0.3) is 0 Å². The zero-order valence-electron chi connectivity index (χ0n) is 9.09. The third-order valence-electron chi connectivity index (χ3n) is 4.02. The first-order chi connectivity index (χ1) is 7.28. The van der Waals surface area contributed by atoms with Crippen LogP contribution in [0.15, 0.2) is 0 Å². The molecule has 0 radical (unpaired) electrons. The number of piperazine rings is 1. The van der Waals surface area contributed by atoms with E-state index in [-0.39, 0.29) is 11.4 Å². The summed E-state index contributed by atoms with van der Waals surface area (Å²) in [5.74, 6) is 1.07. The Bertz CT molecular complexity index is 269. The van der Waals surface area contributed by atoms with Gasteiger partial charge in [-0.1, -0.05) is 0 Å². The van der Waals surface area contributed by atoms with Crippen LogP contribution < -0.4 is 10.6 Å². The van der Waals surface area contributed by atoms with E-state index in [1.165, 1.54) is 19.3 Å². The monoisotopic (exact) mass is 209 g/mol. The molecule has 3 rings (SSSR count). The lowest BCUT2D eigenvalue weighted by Crippen LogP contribution is -2.64. The quantitative estimate of drug-likeness (QED) is 0.648. The molecule has 4 nitrogen and oxygen atoms in total. The first-order valence-electron chi connectivity index (χ1n) is 6.01. The van der Waals surface area contributed by atoms with Crippen LogP contribution in [0.3, 0.4) is 0 Å². The van der Waals surface area contributed by atoms with Crippen LogP contribution in [0.5, 0.6) is 0 Å². The van der Waals surface area contributed by atoms with Gasteiger partial charge in [-0.2, -0.15) is 0 Å². The summed E-state index contributed by atoms with van der Waals surface area (Å²) in [5, 5.41) is 6.45. The molecule has 3 fully saturated rings. The molecule has 2 N–H and O–H groups in total. The van der Waals surface area contributed by atoms with Crippen molar-refractivity contribution in [1.82, 2.24) is 15.5 Å². The van der Waals surface area contributed by atoms with Crippen LogP contribution in [-0.2, 0) is 4.79 Å². The fourth-order valence-electron chi connectivity index (χ4n) is 2.79. The maximum Gasteiger partial charge on any atom is 0.234 e. The zero-order valence-corrected chi connectivity index (χ0v) is 9.09. The van der Waals surface area contributed by atoms with E-state index in [1.807, 2.05) is 0 Å². The molecule has 2 heterocycles. The number of carbonyl (C=O) groups is 1. The maximum atomic E-state index is 11.4. The summed E-state index contributed by atoms with van der Waals surface area (Å²) in [6, 6.07) is 0. The van der Waals surface area contributed by atoms with Crippen molar-refractivity contribution in [1.29, 1.82) is 0 Å². The Balaban J connectivity index is 1.74. The Hall–Kier alpha value is -0.610. The molecule has 3 aliphatic rings. The molecule has 0 aromatic carbocycles. The van der Waals surface area contributed by atoms with E-state index in [1.54, 1.807) is 0 Å². The lowest BCUT2D eigenvalue weighted by atomic mass is 9.93. The van der Waals surface area contributed by atoms with E-state index < -0.39 is 0 Å². The second kappa shape index (κ2) is 3.46. The van der Waals surface area contributed by atoms with Gasteiger partial charge in [-0.3, -0.25) is 9.69 Å². The Morgan fingerprint density at radius 2 is 2.27 bits per heavy atom. The zero-order chi connectivity index (χ0) is 10.3. The van der Waals surface area contributed by atoms with E-state index in [9.17, 15) is 4.79 Å². The van der Waals surface area contributed by atoms with Gasteiger partial charge in [0.15, 0.2) is 0 Å². The molecule has 4 heteroatoms. The molecule has 2 saturated heterocycles. The number of rotatable bonds is 2. The smallest absolute Gasteiger partial charge is 0.234 e. The second-order valence-electron chi connectivity index (χ2n) is 5.25. The fourth-order valence-corrected chi connectivity index (χ4v) is 2.79. The van der Waals surface area contributed by atoms with Gasteiger partial charge in [0.25, 0.3) is 0 Å². The van der Waals surface area contributed by atoms with Crippen molar-refractivity contribution in [3.63, 3.8) is 0 Å². The molecule has 0 bridgehead atoms. The first-order valence-corrected chi connectivity index (χ1v) is 6.01. The number of amides is 1. The number of hydrogen-bond acceptors (Lipinski definition) is 3. The van der Waals surface area contributed by atoms with Gasteiger partial charge in [-0.15, -0.1) is 0 Å². The molecule has 1 saturated carbocycles. The van der Waals surface area contributed by atoms with Crippen molar-refractivity contribution in [2.45, 2.75) is 24.8 Å². The van der Waals surface area contributed by atoms with Gasteiger partial charge in [0.05, 0.1) is 12.1 Å². The van der Waals surface area contributed by atoms with Crippen molar-refractivity contribution in [2.75, 3.05) is 32.7 Å². The summed E-state index contributed by atoms with van der Waals surface area (Å²) >= 11 is 0. The molecule has 0 unspecified atom stereocenters. The van der Waals surface area contributed by atoms with Crippen LogP contribution in [0.2, 0.25) is 0 Å². The van der Waals surface area contributed by atoms with Gasteiger partial charge in [-0.25, -0.2) is 0 Å². The lowest BCUT2D eigenvalue weighted by molar-refractivity contribution is -0.128. The minimum absolute atomic E-state index is 0.202. The fraction of sp³-hybridized carbons (Fsp3) is 0.909. The summed E-state index contributed by atoms with van der Waals surface area (Å²) in [7, 11) is 0.